The van der Waals surface area contributed by atoms with Crippen molar-refractivity contribution in [1.29, 1.82) is 0 Å². The molecule has 120 valence electrons. The lowest BCUT2D eigenvalue weighted by atomic mass is 9.97. The van der Waals surface area contributed by atoms with E-state index in [1.54, 1.807) is 0 Å². The number of hydrogen-bond donors (Lipinski definition) is 2. The summed E-state index contributed by atoms with van der Waals surface area (Å²) >= 11 is 0. The molecule has 0 aliphatic carbocycles. The van der Waals surface area contributed by atoms with Gasteiger partial charge in [0.1, 0.15) is 17.5 Å². The van der Waals surface area contributed by atoms with E-state index in [-0.39, 0.29) is 6.10 Å². The van der Waals surface area contributed by atoms with Gasteiger partial charge in [-0.05, 0) is 44.9 Å². The first-order chi connectivity index (χ1) is 10.6. The molecule has 4 nitrogen and oxygen atoms in total. The molecule has 1 heterocycles. The summed E-state index contributed by atoms with van der Waals surface area (Å²) in [5, 5.41) is 10.7. The van der Waals surface area contributed by atoms with Crippen molar-refractivity contribution in [2.24, 2.45) is 0 Å². The van der Waals surface area contributed by atoms with Crippen molar-refractivity contribution in [1.82, 2.24) is 15.5 Å². The lowest BCUT2D eigenvalue weighted by molar-refractivity contribution is 0.217. The zero-order chi connectivity index (χ0) is 16.1. The fourth-order valence-electron chi connectivity index (χ4n) is 2.67. The topological polar surface area (TPSA) is 49.9 Å². The van der Waals surface area contributed by atoms with Crippen LogP contribution in [0.2, 0.25) is 0 Å². The van der Waals surface area contributed by atoms with Gasteiger partial charge in [0.05, 0.1) is 0 Å². The first-order valence-corrected chi connectivity index (χ1v) is 8.02. The van der Waals surface area contributed by atoms with Gasteiger partial charge in [-0.2, -0.15) is 5.10 Å². The summed E-state index contributed by atoms with van der Waals surface area (Å²) in [6, 6.07) is 8.30. The number of para-hydroxylation sites is 1. The third-order valence-electron chi connectivity index (χ3n) is 4.21. The number of nitrogens with one attached hydrogen (secondary N) is 2. The maximum atomic E-state index is 6.24. The minimum absolute atomic E-state index is 0.0847. The second kappa shape index (κ2) is 7.45. The van der Waals surface area contributed by atoms with E-state index in [1.165, 1.54) is 11.1 Å². The predicted molar refractivity (Wildman–Crippen MR) is 90.3 cm³/mol. The molecule has 0 fully saturated rings. The maximum absolute atomic E-state index is 6.24. The average Bonchev–Trinajstić information content (AvgIpc) is 2.89. The van der Waals surface area contributed by atoms with E-state index in [2.05, 4.69) is 54.5 Å². The second-order valence-corrected chi connectivity index (χ2v) is 5.85. The van der Waals surface area contributed by atoms with Crippen molar-refractivity contribution in [3.8, 4) is 5.75 Å². The van der Waals surface area contributed by atoms with Gasteiger partial charge in [0.25, 0.3) is 0 Å². The number of aromatic nitrogens is 2. The van der Waals surface area contributed by atoms with Gasteiger partial charge in [0.15, 0.2) is 0 Å². The minimum atomic E-state index is -0.0847. The van der Waals surface area contributed by atoms with E-state index in [4.69, 9.17) is 4.74 Å². The SMILES string of the molecule is CCC(C)c1ccccc1OC(C)c1n[nH]c(C)c1CNC. The van der Waals surface area contributed by atoms with Crippen LogP contribution in [0.15, 0.2) is 24.3 Å². The molecule has 0 saturated carbocycles. The summed E-state index contributed by atoms with van der Waals surface area (Å²) in [4.78, 5) is 0. The molecule has 1 aromatic carbocycles. The highest BCUT2D eigenvalue weighted by molar-refractivity contribution is 5.37. The summed E-state index contributed by atoms with van der Waals surface area (Å²) in [5.41, 5.74) is 4.52. The highest BCUT2D eigenvalue weighted by Gasteiger charge is 2.19. The molecule has 2 rings (SSSR count). The zero-order valence-electron chi connectivity index (χ0n) is 14.2. The summed E-state index contributed by atoms with van der Waals surface area (Å²) in [6.07, 6.45) is 1.01. The van der Waals surface area contributed by atoms with E-state index in [9.17, 15) is 0 Å². The number of benzene rings is 1. The van der Waals surface area contributed by atoms with Crippen LogP contribution in [0.4, 0.5) is 0 Å². The summed E-state index contributed by atoms with van der Waals surface area (Å²) in [6.45, 7) is 9.33. The van der Waals surface area contributed by atoms with Crippen LogP contribution < -0.4 is 10.1 Å². The van der Waals surface area contributed by atoms with E-state index >= 15 is 0 Å². The van der Waals surface area contributed by atoms with Gasteiger partial charge in [0.2, 0.25) is 0 Å². The largest absolute Gasteiger partial charge is 0.484 e. The third-order valence-corrected chi connectivity index (χ3v) is 4.21. The third kappa shape index (κ3) is 3.50. The molecule has 0 aliphatic rings. The van der Waals surface area contributed by atoms with Crippen LogP contribution in [-0.4, -0.2) is 17.2 Å². The Morgan fingerprint density at radius 2 is 2.00 bits per heavy atom. The van der Waals surface area contributed by atoms with Crippen molar-refractivity contribution >= 4 is 0 Å². The average molecular weight is 301 g/mol. The standard InChI is InChI=1S/C18H27N3O/c1-6-12(2)15-9-7-8-10-17(15)22-14(4)18-16(11-19-5)13(3)20-21-18/h7-10,12,14,19H,6,11H2,1-5H3,(H,20,21). The van der Waals surface area contributed by atoms with Crippen LogP contribution in [0, 0.1) is 6.92 Å². The molecular formula is C18H27N3O. The van der Waals surface area contributed by atoms with Crippen LogP contribution in [0.3, 0.4) is 0 Å². The van der Waals surface area contributed by atoms with Crippen LogP contribution in [-0.2, 0) is 6.54 Å². The quantitative estimate of drug-likeness (QED) is 0.810. The van der Waals surface area contributed by atoms with Crippen molar-refractivity contribution in [3.05, 3.63) is 46.8 Å². The molecule has 4 heteroatoms. The molecule has 0 aliphatic heterocycles. The lowest BCUT2D eigenvalue weighted by Crippen LogP contribution is -2.12. The monoisotopic (exact) mass is 301 g/mol. The fourth-order valence-corrected chi connectivity index (χ4v) is 2.67. The Kier molecular flexibility index (Phi) is 5.61. The molecule has 0 spiro atoms. The number of aryl methyl sites for hydroxylation is 1. The van der Waals surface area contributed by atoms with Gasteiger partial charge < -0.3 is 10.1 Å². The molecular weight excluding hydrogens is 274 g/mol. The van der Waals surface area contributed by atoms with Crippen molar-refractivity contribution in [2.45, 2.75) is 52.7 Å². The minimum Gasteiger partial charge on any atom is -0.484 e. The molecule has 1 aromatic heterocycles. The molecule has 22 heavy (non-hydrogen) atoms. The van der Waals surface area contributed by atoms with E-state index in [1.807, 2.05) is 20.0 Å². The first-order valence-electron chi connectivity index (χ1n) is 8.02. The van der Waals surface area contributed by atoms with Gasteiger partial charge in [-0.15, -0.1) is 0 Å². The number of aromatic amines is 1. The predicted octanol–water partition coefficient (Wildman–Crippen LogP) is 4.09. The second-order valence-electron chi connectivity index (χ2n) is 5.85. The van der Waals surface area contributed by atoms with E-state index < -0.39 is 0 Å². The van der Waals surface area contributed by atoms with Crippen molar-refractivity contribution in [3.63, 3.8) is 0 Å². The number of nitrogens with zero attached hydrogens (tertiary/aromatic N) is 1. The highest BCUT2D eigenvalue weighted by atomic mass is 16.5. The molecule has 0 bridgehead atoms. The molecule has 2 N–H and O–H groups in total. The Balaban J connectivity index is 2.24. The normalized spacial score (nSPS) is 13.9. The number of rotatable bonds is 7. The number of H-pyrrole nitrogens is 1. The Bertz CT molecular complexity index is 606. The fraction of sp³-hybridized carbons (Fsp3) is 0.500. The lowest BCUT2D eigenvalue weighted by Gasteiger charge is -2.20. The maximum Gasteiger partial charge on any atom is 0.140 e. The summed E-state index contributed by atoms with van der Waals surface area (Å²) < 4.78 is 6.24. The van der Waals surface area contributed by atoms with Crippen LogP contribution in [0.5, 0.6) is 5.75 Å². The van der Waals surface area contributed by atoms with Gasteiger partial charge in [-0.25, -0.2) is 0 Å². The summed E-state index contributed by atoms with van der Waals surface area (Å²) in [5.74, 6) is 1.45. The Labute approximate surface area is 133 Å². The molecule has 0 radical (unpaired) electrons. The molecule has 2 atom stereocenters. The highest BCUT2D eigenvalue weighted by Crippen LogP contribution is 2.32. The first kappa shape index (κ1) is 16.6. The van der Waals surface area contributed by atoms with E-state index in [0.29, 0.717) is 5.92 Å². The molecule has 2 unspecified atom stereocenters. The van der Waals surface area contributed by atoms with Crippen molar-refractivity contribution in [2.75, 3.05) is 7.05 Å². The van der Waals surface area contributed by atoms with Crippen LogP contribution >= 0.6 is 0 Å². The van der Waals surface area contributed by atoms with Gasteiger partial charge in [0, 0.05) is 17.8 Å². The Morgan fingerprint density at radius 3 is 2.68 bits per heavy atom. The summed E-state index contributed by atoms with van der Waals surface area (Å²) in [7, 11) is 1.94. The zero-order valence-corrected chi connectivity index (χ0v) is 14.2. The molecule has 0 amide bonds. The molecule has 0 saturated heterocycles. The van der Waals surface area contributed by atoms with Gasteiger partial charge >= 0.3 is 0 Å². The van der Waals surface area contributed by atoms with Gasteiger partial charge in [-0.1, -0.05) is 32.0 Å². The van der Waals surface area contributed by atoms with Gasteiger partial charge in [-0.3, -0.25) is 5.10 Å². The number of hydrogen-bond acceptors (Lipinski definition) is 3. The Hall–Kier alpha value is -1.81. The number of ether oxygens (including phenoxy) is 1. The van der Waals surface area contributed by atoms with E-state index in [0.717, 1.165) is 30.1 Å². The Morgan fingerprint density at radius 1 is 1.27 bits per heavy atom. The smallest absolute Gasteiger partial charge is 0.140 e. The van der Waals surface area contributed by atoms with Crippen LogP contribution in [0.25, 0.3) is 0 Å². The van der Waals surface area contributed by atoms with Crippen molar-refractivity contribution < 1.29 is 4.74 Å². The molecule has 2 aromatic rings. The van der Waals surface area contributed by atoms with Crippen LogP contribution in [0.1, 0.15) is 61.7 Å².